The fourth-order valence-electron chi connectivity index (χ4n) is 2.40. The van der Waals surface area contributed by atoms with Crippen LogP contribution in [0.4, 0.5) is 0 Å². The number of nitrogens with zero attached hydrogens (tertiary/aromatic N) is 2. The second-order valence-corrected chi connectivity index (χ2v) is 7.33. The fraction of sp³-hybridized carbons (Fsp3) is 0.727. The number of hydrogen-bond acceptors (Lipinski definition) is 3. The quantitative estimate of drug-likeness (QED) is 0.795. The highest BCUT2D eigenvalue weighted by atomic mass is 35.5. The normalized spacial score (nSPS) is 26.0. The van der Waals surface area contributed by atoms with E-state index < -0.39 is 9.84 Å². The van der Waals surface area contributed by atoms with Gasteiger partial charge in [-0.1, -0.05) is 6.42 Å². The van der Waals surface area contributed by atoms with Crippen LogP contribution in [0.1, 0.15) is 37.3 Å². The molecule has 2 atom stereocenters. The zero-order valence-electron chi connectivity index (χ0n) is 9.84. The third-order valence-corrected chi connectivity index (χ3v) is 5.34. The summed E-state index contributed by atoms with van der Waals surface area (Å²) in [6, 6.07) is 0.195. The molecule has 0 radical (unpaired) electrons. The van der Waals surface area contributed by atoms with Crippen LogP contribution in [-0.4, -0.2) is 29.7 Å². The Morgan fingerprint density at radius 1 is 1.53 bits per heavy atom. The van der Waals surface area contributed by atoms with Crippen molar-refractivity contribution < 1.29 is 8.42 Å². The van der Waals surface area contributed by atoms with Gasteiger partial charge in [0.25, 0.3) is 0 Å². The van der Waals surface area contributed by atoms with Gasteiger partial charge in [0, 0.05) is 18.0 Å². The number of rotatable bonds is 3. The van der Waals surface area contributed by atoms with Gasteiger partial charge in [-0.05, 0) is 19.3 Å². The lowest BCUT2D eigenvalue weighted by Crippen LogP contribution is -2.29. The molecule has 1 aromatic rings. The summed E-state index contributed by atoms with van der Waals surface area (Å²) in [5.74, 6) is 0.447. The lowest BCUT2D eigenvalue weighted by Gasteiger charge is -2.28. The molecule has 6 heteroatoms. The van der Waals surface area contributed by atoms with Crippen molar-refractivity contribution in [1.29, 1.82) is 0 Å². The number of halogens is 1. The summed E-state index contributed by atoms with van der Waals surface area (Å²) in [4.78, 5) is 0. The Morgan fingerprint density at radius 2 is 2.29 bits per heavy atom. The zero-order valence-corrected chi connectivity index (χ0v) is 11.4. The fourth-order valence-corrected chi connectivity index (χ4v) is 3.70. The zero-order chi connectivity index (χ0) is 12.5. The van der Waals surface area contributed by atoms with Gasteiger partial charge in [0.2, 0.25) is 0 Å². The minimum Gasteiger partial charge on any atom is -0.269 e. The first-order valence-electron chi connectivity index (χ1n) is 5.78. The van der Waals surface area contributed by atoms with E-state index >= 15 is 0 Å². The average molecular weight is 277 g/mol. The standard InChI is InChI=1S/C11H17ClN2O2S/c1-17(15,16)11-4-2-3-10(5-11)14-8-9(6-12)7-13-14/h7-8,10-11H,2-6H2,1H3. The minimum atomic E-state index is -2.93. The van der Waals surface area contributed by atoms with Gasteiger partial charge in [0.1, 0.15) is 9.84 Å². The van der Waals surface area contributed by atoms with Crippen LogP contribution in [0, 0.1) is 0 Å². The Morgan fingerprint density at radius 3 is 2.88 bits per heavy atom. The van der Waals surface area contributed by atoms with Crippen molar-refractivity contribution in [3.63, 3.8) is 0 Å². The van der Waals surface area contributed by atoms with E-state index in [9.17, 15) is 8.42 Å². The molecule has 1 heterocycles. The Bertz CT molecular complexity index is 483. The molecule has 0 saturated heterocycles. The van der Waals surface area contributed by atoms with Gasteiger partial charge in [0.15, 0.2) is 0 Å². The van der Waals surface area contributed by atoms with Gasteiger partial charge in [-0.25, -0.2) is 8.42 Å². The van der Waals surface area contributed by atoms with Crippen molar-refractivity contribution in [2.45, 2.75) is 42.9 Å². The van der Waals surface area contributed by atoms with Gasteiger partial charge in [-0.3, -0.25) is 4.68 Å². The van der Waals surface area contributed by atoms with E-state index in [-0.39, 0.29) is 11.3 Å². The van der Waals surface area contributed by atoms with E-state index in [1.807, 2.05) is 10.9 Å². The van der Waals surface area contributed by atoms with E-state index in [0.717, 1.165) is 24.8 Å². The van der Waals surface area contributed by atoms with Gasteiger partial charge in [-0.15, -0.1) is 11.6 Å². The van der Waals surface area contributed by atoms with Crippen molar-refractivity contribution in [3.05, 3.63) is 18.0 Å². The van der Waals surface area contributed by atoms with Crippen LogP contribution in [-0.2, 0) is 15.7 Å². The number of aromatic nitrogens is 2. The molecule has 1 aliphatic carbocycles. The molecule has 96 valence electrons. The Kier molecular flexibility index (Phi) is 3.78. The molecule has 0 aromatic carbocycles. The van der Waals surface area contributed by atoms with Crippen LogP contribution < -0.4 is 0 Å². The Labute approximate surface area is 107 Å². The summed E-state index contributed by atoms with van der Waals surface area (Å²) >= 11 is 5.73. The molecule has 0 aliphatic heterocycles. The van der Waals surface area contributed by atoms with Crippen molar-refractivity contribution in [1.82, 2.24) is 9.78 Å². The largest absolute Gasteiger partial charge is 0.269 e. The lowest BCUT2D eigenvalue weighted by atomic mass is 9.95. The van der Waals surface area contributed by atoms with Gasteiger partial charge < -0.3 is 0 Å². The van der Waals surface area contributed by atoms with Crippen molar-refractivity contribution in [2.75, 3.05) is 6.26 Å². The van der Waals surface area contributed by atoms with Crippen molar-refractivity contribution in [2.24, 2.45) is 0 Å². The molecule has 4 nitrogen and oxygen atoms in total. The molecule has 0 amide bonds. The van der Waals surface area contributed by atoms with E-state index in [1.54, 1.807) is 6.20 Å². The smallest absolute Gasteiger partial charge is 0.150 e. The molecule has 1 saturated carbocycles. The summed E-state index contributed by atoms with van der Waals surface area (Å²) in [5, 5.41) is 4.05. The second kappa shape index (κ2) is 4.98. The molecule has 1 aromatic heterocycles. The predicted molar refractivity (Wildman–Crippen MR) is 67.9 cm³/mol. The van der Waals surface area contributed by atoms with Crippen LogP contribution in [0.15, 0.2) is 12.4 Å². The van der Waals surface area contributed by atoms with E-state index in [2.05, 4.69) is 5.10 Å². The molecule has 0 spiro atoms. The predicted octanol–water partition coefficient (Wildman–Crippen LogP) is 2.15. The highest BCUT2D eigenvalue weighted by molar-refractivity contribution is 7.91. The summed E-state index contributed by atoms with van der Waals surface area (Å²) in [6.45, 7) is 0. The molecule has 0 N–H and O–H groups in total. The molecular weight excluding hydrogens is 260 g/mol. The molecule has 0 bridgehead atoms. The first-order chi connectivity index (χ1) is 8.00. The van der Waals surface area contributed by atoms with E-state index in [1.165, 1.54) is 6.26 Å². The molecule has 1 fully saturated rings. The minimum absolute atomic E-state index is 0.195. The number of sulfone groups is 1. The van der Waals surface area contributed by atoms with E-state index in [4.69, 9.17) is 11.6 Å². The molecule has 1 aliphatic rings. The maximum atomic E-state index is 11.6. The Hall–Kier alpha value is -0.550. The highest BCUT2D eigenvalue weighted by Crippen LogP contribution is 2.31. The van der Waals surface area contributed by atoms with Gasteiger partial charge in [-0.2, -0.15) is 5.10 Å². The van der Waals surface area contributed by atoms with Gasteiger partial charge >= 0.3 is 0 Å². The third-order valence-electron chi connectivity index (χ3n) is 3.39. The maximum Gasteiger partial charge on any atom is 0.150 e. The maximum absolute atomic E-state index is 11.6. The van der Waals surface area contributed by atoms with Crippen LogP contribution in [0.2, 0.25) is 0 Å². The van der Waals surface area contributed by atoms with E-state index in [0.29, 0.717) is 12.3 Å². The summed E-state index contributed by atoms with van der Waals surface area (Å²) < 4.78 is 25.0. The van der Waals surface area contributed by atoms with Crippen LogP contribution in [0.3, 0.4) is 0 Å². The Balaban J connectivity index is 2.12. The first-order valence-corrected chi connectivity index (χ1v) is 8.27. The average Bonchev–Trinajstić information content (AvgIpc) is 2.76. The molecule has 17 heavy (non-hydrogen) atoms. The highest BCUT2D eigenvalue weighted by Gasteiger charge is 2.29. The van der Waals surface area contributed by atoms with Crippen molar-refractivity contribution >= 4 is 21.4 Å². The SMILES string of the molecule is CS(=O)(=O)C1CCCC(n2cc(CCl)cn2)C1. The van der Waals surface area contributed by atoms with Crippen LogP contribution in [0.5, 0.6) is 0 Å². The van der Waals surface area contributed by atoms with Crippen LogP contribution >= 0.6 is 11.6 Å². The van der Waals surface area contributed by atoms with Crippen molar-refractivity contribution in [3.8, 4) is 0 Å². The number of hydrogen-bond donors (Lipinski definition) is 0. The van der Waals surface area contributed by atoms with Crippen LogP contribution in [0.25, 0.3) is 0 Å². The monoisotopic (exact) mass is 276 g/mol. The summed E-state index contributed by atoms with van der Waals surface area (Å²) in [7, 11) is -2.93. The first kappa shape index (κ1) is 12.9. The second-order valence-electron chi connectivity index (χ2n) is 4.73. The summed E-state index contributed by atoms with van der Waals surface area (Å²) in [6.07, 6.45) is 8.38. The molecule has 2 unspecified atom stereocenters. The molecule has 2 rings (SSSR count). The number of alkyl halides is 1. The topological polar surface area (TPSA) is 52.0 Å². The summed E-state index contributed by atoms with van der Waals surface area (Å²) in [5.41, 5.74) is 0.980. The van der Waals surface area contributed by atoms with Gasteiger partial charge in [0.05, 0.1) is 23.4 Å². The lowest BCUT2D eigenvalue weighted by molar-refractivity contribution is 0.329. The molecular formula is C11H17ClN2O2S. The third kappa shape index (κ3) is 3.01.